The molecule has 0 saturated carbocycles. The Hall–Kier alpha value is -1.21. The SMILES string of the molecule is CSCCCN1C(=O)CCC1CCNCc1cccc(C(F)(F)F)c1. The molecule has 2 rings (SSSR count). The number of amides is 1. The summed E-state index contributed by atoms with van der Waals surface area (Å²) in [6.45, 7) is 1.89. The van der Waals surface area contributed by atoms with Crippen LogP contribution in [0.15, 0.2) is 24.3 Å². The van der Waals surface area contributed by atoms with E-state index in [-0.39, 0.29) is 11.9 Å². The van der Waals surface area contributed by atoms with E-state index in [9.17, 15) is 18.0 Å². The zero-order chi connectivity index (χ0) is 18.3. The third-order valence-corrected chi connectivity index (χ3v) is 5.13. The van der Waals surface area contributed by atoms with Crippen molar-refractivity contribution in [3.8, 4) is 0 Å². The number of rotatable bonds is 9. The van der Waals surface area contributed by atoms with E-state index in [1.165, 1.54) is 12.1 Å². The highest BCUT2D eigenvalue weighted by Crippen LogP contribution is 2.29. The van der Waals surface area contributed by atoms with E-state index < -0.39 is 11.7 Å². The lowest BCUT2D eigenvalue weighted by Crippen LogP contribution is -2.36. The average molecular weight is 374 g/mol. The van der Waals surface area contributed by atoms with E-state index in [0.29, 0.717) is 25.1 Å². The first-order valence-electron chi connectivity index (χ1n) is 8.57. The molecule has 1 N–H and O–H groups in total. The minimum absolute atomic E-state index is 0.226. The summed E-state index contributed by atoms with van der Waals surface area (Å²) in [5.41, 5.74) is 0.00214. The second-order valence-electron chi connectivity index (χ2n) is 6.29. The molecule has 3 nitrogen and oxygen atoms in total. The summed E-state index contributed by atoms with van der Waals surface area (Å²) in [7, 11) is 0. The molecule has 1 aliphatic heterocycles. The minimum Gasteiger partial charge on any atom is -0.340 e. The maximum atomic E-state index is 12.7. The molecule has 1 unspecified atom stereocenters. The lowest BCUT2D eigenvalue weighted by atomic mass is 10.1. The van der Waals surface area contributed by atoms with Crippen molar-refractivity contribution in [2.45, 2.75) is 44.4 Å². The van der Waals surface area contributed by atoms with Crippen molar-refractivity contribution in [1.82, 2.24) is 10.2 Å². The summed E-state index contributed by atoms with van der Waals surface area (Å²) >= 11 is 1.78. The summed E-state index contributed by atoms with van der Waals surface area (Å²) in [6.07, 6.45) is 1.07. The third kappa shape index (κ3) is 6.22. The number of carbonyl (C=O) groups excluding carboxylic acids is 1. The fourth-order valence-corrected chi connectivity index (χ4v) is 3.56. The molecule has 25 heavy (non-hydrogen) atoms. The monoisotopic (exact) mass is 374 g/mol. The van der Waals surface area contributed by atoms with Crippen LogP contribution >= 0.6 is 11.8 Å². The Balaban J connectivity index is 1.76. The van der Waals surface area contributed by atoms with Crippen molar-refractivity contribution in [1.29, 1.82) is 0 Å². The number of thioether (sulfide) groups is 1. The number of nitrogens with one attached hydrogen (secondary N) is 1. The topological polar surface area (TPSA) is 32.3 Å². The van der Waals surface area contributed by atoms with Gasteiger partial charge in [0.2, 0.25) is 5.91 Å². The number of hydrogen-bond acceptors (Lipinski definition) is 3. The average Bonchev–Trinajstić information content (AvgIpc) is 2.92. The highest BCUT2D eigenvalue weighted by molar-refractivity contribution is 7.98. The highest BCUT2D eigenvalue weighted by atomic mass is 32.2. The summed E-state index contributed by atoms with van der Waals surface area (Å²) < 4.78 is 38.1. The van der Waals surface area contributed by atoms with Crippen LogP contribution in [0.3, 0.4) is 0 Å². The standard InChI is InChI=1S/C18H25F3N2OS/c1-25-11-3-10-23-16(6-7-17(23)24)8-9-22-13-14-4-2-5-15(12-14)18(19,20)21/h2,4-5,12,16,22H,3,6-11,13H2,1H3. The molecule has 1 aromatic rings. The van der Waals surface area contributed by atoms with Crippen LogP contribution in [0.25, 0.3) is 0 Å². The third-order valence-electron chi connectivity index (χ3n) is 4.44. The Morgan fingerprint density at radius 1 is 1.36 bits per heavy atom. The number of benzene rings is 1. The van der Waals surface area contributed by atoms with Gasteiger partial charge in [0, 0.05) is 25.6 Å². The van der Waals surface area contributed by atoms with Gasteiger partial charge in [-0.25, -0.2) is 0 Å². The first kappa shape index (κ1) is 20.1. The van der Waals surface area contributed by atoms with Crippen molar-refractivity contribution in [2.75, 3.05) is 25.1 Å². The first-order valence-corrected chi connectivity index (χ1v) is 9.96. The van der Waals surface area contributed by atoms with Crippen LogP contribution in [-0.2, 0) is 17.5 Å². The van der Waals surface area contributed by atoms with Gasteiger partial charge in [-0.1, -0.05) is 18.2 Å². The van der Waals surface area contributed by atoms with Gasteiger partial charge >= 0.3 is 6.18 Å². The van der Waals surface area contributed by atoms with Gasteiger partial charge in [0.05, 0.1) is 5.56 Å². The summed E-state index contributed by atoms with van der Waals surface area (Å²) in [5, 5.41) is 3.20. The number of alkyl halides is 3. The first-order chi connectivity index (χ1) is 11.9. The highest BCUT2D eigenvalue weighted by Gasteiger charge is 2.31. The molecular formula is C18H25F3N2OS. The molecule has 1 amide bonds. The fraction of sp³-hybridized carbons (Fsp3) is 0.611. The van der Waals surface area contributed by atoms with Gasteiger partial charge in [0.1, 0.15) is 0 Å². The molecule has 0 aliphatic carbocycles. The predicted molar refractivity (Wildman–Crippen MR) is 95.5 cm³/mol. The quantitative estimate of drug-likeness (QED) is 0.665. The van der Waals surface area contributed by atoms with Gasteiger partial charge < -0.3 is 10.2 Å². The number of carbonyl (C=O) groups is 1. The van der Waals surface area contributed by atoms with Gasteiger partial charge in [-0.15, -0.1) is 0 Å². The molecule has 0 radical (unpaired) electrons. The van der Waals surface area contributed by atoms with Crippen LogP contribution in [0.4, 0.5) is 13.2 Å². The molecular weight excluding hydrogens is 349 g/mol. The Labute approximate surface area is 151 Å². The van der Waals surface area contributed by atoms with Gasteiger partial charge in [0.25, 0.3) is 0 Å². The van der Waals surface area contributed by atoms with Crippen molar-refractivity contribution in [2.24, 2.45) is 0 Å². The van der Waals surface area contributed by atoms with Gasteiger partial charge in [-0.3, -0.25) is 4.79 Å². The largest absolute Gasteiger partial charge is 0.416 e. The van der Waals surface area contributed by atoms with Crippen LogP contribution in [-0.4, -0.2) is 41.9 Å². The Bertz CT molecular complexity index is 565. The fourth-order valence-electron chi connectivity index (χ4n) is 3.14. The van der Waals surface area contributed by atoms with Crippen LogP contribution in [0.5, 0.6) is 0 Å². The van der Waals surface area contributed by atoms with Crippen molar-refractivity contribution >= 4 is 17.7 Å². The van der Waals surface area contributed by atoms with Crippen molar-refractivity contribution in [3.63, 3.8) is 0 Å². The zero-order valence-corrected chi connectivity index (χ0v) is 15.3. The minimum atomic E-state index is -4.31. The Morgan fingerprint density at radius 2 is 2.16 bits per heavy atom. The molecule has 1 saturated heterocycles. The van der Waals surface area contributed by atoms with Crippen LogP contribution < -0.4 is 5.32 Å². The van der Waals surface area contributed by atoms with Gasteiger partial charge in [-0.05, 0) is 49.4 Å². The molecule has 1 atom stereocenters. The summed E-state index contributed by atoms with van der Waals surface area (Å²) in [6, 6.07) is 5.64. The van der Waals surface area contributed by atoms with Crippen molar-refractivity contribution < 1.29 is 18.0 Å². The van der Waals surface area contributed by atoms with Crippen molar-refractivity contribution in [3.05, 3.63) is 35.4 Å². The molecule has 1 heterocycles. The molecule has 0 aromatic heterocycles. The summed E-state index contributed by atoms with van der Waals surface area (Å²) in [5.74, 6) is 1.27. The molecule has 0 spiro atoms. The maximum Gasteiger partial charge on any atom is 0.416 e. The normalized spacial score (nSPS) is 18.2. The lowest BCUT2D eigenvalue weighted by Gasteiger charge is -2.25. The second-order valence-corrected chi connectivity index (χ2v) is 7.28. The molecule has 7 heteroatoms. The number of halogens is 3. The molecule has 140 valence electrons. The smallest absolute Gasteiger partial charge is 0.340 e. The van der Waals surface area contributed by atoms with E-state index in [0.717, 1.165) is 37.6 Å². The van der Waals surface area contributed by atoms with E-state index >= 15 is 0 Å². The molecule has 1 aliphatic rings. The van der Waals surface area contributed by atoms with Gasteiger partial charge in [0.15, 0.2) is 0 Å². The number of hydrogen-bond donors (Lipinski definition) is 1. The molecule has 0 bridgehead atoms. The Kier molecular flexibility index (Phi) is 7.62. The van der Waals surface area contributed by atoms with E-state index in [1.807, 2.05) is 4.90 Å². The molecule has 1 fully saturated rings. The zero-order valence-electron chi connectivity index (χ0n) is 14.4. The number of likely N-dealkylation sites (tertiary alicyclic amines) is 1. The van der Waals surface area contributed by atoms with Crippen LogP contribution in [0, 0.1) is 0 Å². The van der Waals surface area contributed by atoms with E-state index in [2.05, 4.69) is 11.6 Å². The Morgan fingerprint density at radius 3 is 2.88 bits per heavy atom. The van der Waals surface area contributed by atoms with E-state index in [4.69, 9.17) is 0 Å². The van der Waals surface area contributed by atoms with Gasteiger partial charge in [-0.2, -0.15) is 24.9 Å². The predicted octanol–water partition coefficient (Wildman–Crippen LogP) is 3.93. The number of nitrogens with zero attached hydrogens (tertiary/aromatic N) is 1. The van der Waals surface area contributed by atoms with E-state index in [1.54, 1.807) is 17.8 Å². The van der Waals surface area contributed by atoms with Crippen LogP contribution in [0.2, 0.25) is 0 Å². The molecule has 1 aromatic carbocycles. The van der Waals surface area contributed by atoms with Crippen LogP contribution in [0.1, 0.15) is 36.8 Å². The summed E-state index contributed by atoms with van der Waals surface area (Å²) in [4.78, 5) is 13.9. The lowest BCUT2D eigenvalue weighted by molar-refractivity contribution is -0.137. The second kappa shape index (κ2) is 9.48. The maximum absolute atomic E-state index is 12.7.